The van der Waals surface area contributed by atoms with Gasteiger partial charge in [0, 0.05) is 38.3 Å². The number of hydrazone groups is 1. The van der Waals surface area contributed by atoms with Gasteiger partial charge in [-0.25, -0.2) is 12.7 Å². The van der Waals surface area contributed by atoms with E-state index in [2.05, 4.69) is 5.10 Å². The fourth-order valence-electron chi connectivity index (χ4n) is 2.80. The monoisotopic (exact) mass is 399 g/mol. The lowest BCUT2D eigenvalue weighted by molar-refractivity contribution is 0.0952. The first-order chi connectivity index (χ1) is 13.3. The molecule has 1 aliphatic carbocycles. The predicted octanol–water partition coefficient (Wildman–Crippen LogP) is 2.50. The van der Waals surface area contributed by atoms with E-state index >= 15 is 0 Å². The average molecular weight is 399 g/mol. The molecule has 0 radical (unpaired) electrons. The molecule has 0 atom stereocenters. The van der Waals surface area contributed by atoms with E-state index in [4.69, 9.17) is 4.74 Å². The maximum absolute atomic E-state index is 12.4. The lowest BCUT2D eigenvalue weighted by Crippen LogP contribution is -2.22. The van der Waals surface area contributed by atoms with Gasteiger partial charge in [0.25, 0.3) is 0 Å². The number of fused-ring (bicyclic) bond motifs is 1. The van der Waals surface area contributed by atoms with E-state index in [9.17, 15) is 13.2 Å². The first-order valence-corrected chi connectivity index (χ1v) is 9.94. The minimum atomic E-state index is -3.49. The molecule has 0 amide bonds. The molecule has 0 spiro atoms. The number of ether oxygens (including phenoxy) is 1. The van der Waals surface area contributed by atoms with Crippen LogP contribution in [0.4, 0.5) is 5.69 Å². The summed E-state index contributed by atoms with van der Waals surface area (Å²) in [6, 6.07) is 13.6. The zero-order valence-corrected chi connectivity index (χ0v) is 16.9. The largest absolute Gasteiger partial charge is 0.493 e. The van der Waals surface area contributed by atoms with Crippen molar-refractivity contribution in [3.05, 3.63) is 71.5 Å². The smallest absolute Gasteiger partial charge is 0.242 e. The number of methoxy groups -OCH3 is 1. The van der Waals surface area contributed by atoms with E-state index in [0.717, 1.165) is 0 Å². The van der Waals surface area contributed by atoms with Crippen molar-refractivity contribution >= 4 is 27.2 Å². The fourth-order valence-corrected chi connectivity index (χ4v) is 3.70. The third kappa shape index (κ3) is 3.56. The number of Topliss-reactive ketones (excluding diaryl/α,β-unsaturated/α-hetero) is 1. The minimum Gasteiger partial charge on any atom is -0.493 e. The highest BCUT2D eigenvalue weighted by Gasteiger charge is 2.25. The molecule has 146 valence electrons. The van der Waals surface area contributed by atoms with E-state index in [1.54, 1.807) is 42.4 Å². The van der Waals surface area contributed by atoms with Crippen LogP contribution >= 0.6 is 0 Å². The maximum atomic E-state index is 12.4. The Bertz CT molecular complexity index is 1070. The number of sulfonamides is 1. The maximum Gasteiger partial charge on any atom is 0.242 e. The van der Waals surface area contributed by atoms with Gasteiger partial charge < -0.3 is 4.74 Å². The van der Waals surface area contributed by atoms with Crippen LogP contribution in [0, 0.1) is 0 Å². The van der Waals surface area contributed by atoms with Crippen LogP contribution in [-0.2, 0) is 14.8 Å². The zero-order chi connectivity index (χ0) is 20.5. The van der Waals surface area contributed by atoms with Gasteiger partial charge in [0.1, 0.15) is 0 Å². The molecule has 0 aromatic heterocycles. The molecule has 28 heavy (non-hydrogen) atoms. The van der Waals surface area contributed by atoms with Crippen LogP contribution in [0.5, 0.6) is 0 Å². The molecule has 0 saturated carbocycles. The highest BCUT2D eigenvalue weighted by Crippen LogP contribution is 2.24. The van der Waals surface area contributed by atoms with Crippen LogP contribution in [0.1, 0.15) is 15.9 Å². The SMILES string of the molecule is COC1=C/C(=N/N(C)c2ccc(S(=O)(=O)N(C)C)cc2)c2ccccc2C1=O. The number of carbonyl (C=O) groups excluding carboxylic acids is 1. The summed E-state index contributed by atoms with van der Waals surface area (Å²) < 4.78 is 30.8. The van der Waals surface area contributed by atoms with Gasteiger partial charge in [-0.2, -0.15) is 5.10 Å². The minimum absolute atomic E-state index is 0.182. The third-order valence-corrected chi connectivity index (χ3v) is 6.24. The Morgan fingerprint density at radius 1 is 0.929 bits per heavy atom. The normalized spacial score (nSPS) is 15.4. The summed E-state index contributed by atoms with van der Waals surface area (Å²) in [6.45, 7) is 0. The molecule has 0 saturated heterocycles. The quantitative estimate of drug-likeness (QED) is 0.722. The molecule has 3 rings (SSSR count). The molecule has 0 bridgehead atoms. The van der Waals surface area contributed by atoms with Crippen molar-refractivity contribution in [2.45, 2.75) is 4.90 Å². The number of anilines is 1. The van der Waals surface area contributed by atoms with Crippen LogP contribution in [-0.4, -0.2) is 52.5 Å². The van der Waals surface area contributed by atoms with Gasteiger partial charge in [-0.1, -0.05) is 24.3 Å². The van der Waals surface area contributed by atoms with Crippen LogP contribution in [0.3, 0.4) is 0 Å². The summed E-state index contributed by atoms with van der Waals surface area (Å²) >= 11 is 0. The van der Waals surface area contributed by atoms with Crippen LogP contribution in [0.25, 0.3) is 0 Å². The van der Waals surface area contributed by atoms with Gasteiger partial charge in [0.2, 0.25) is 15.8 Å². The molecule has 0 aliphatic heterocycles. The summed E-state index contributed by atoms with van der Waals surface area (Å²) in [7, 11) is 2.69. The predicted molar refractivity (Wildman–Crippen MR) is 108 cm³/mol. The second kappa shape index (κ2) is 7.57. The Morgan fingerprint density at radius 3 is 2.11 bits per heavy atom. The second-order valence-corrected chi connectivity index (χ2v) is 8.53. The van der Waals surface area contributed by atoms with Gasteiger partial charge in [0.05, 0.1) is 23.4 Å². The highest BCUT2D eigenvalue weighted by atomic mass is 32.2. The van der Waals surface area contributed by atoms with E-state index in [-0.39, 0.29) is 16.4 Å². The van der Waals surface area contributed by atoms with Gasteiger partial charge in [-0.3, -0.25) is 9.80 Å². The van der Waals surface area contributed by atoms with E-state index < -0.39 is 10.0 Å². The average Bonchev–Trinajstić information content (AvgIpc) is 2.70. The molecule has 8 heteroatoms. The standard InChI is InChI=1S/C20H21N3O4S/c1-22(2)28(25,26)15-11-9-14(10-12-15)23(3)21-18-13-19(27-4)20(24)17-8-6-5-7-16(17)18/h5-13H,1-4H3/b21-18-. The first kappa shape index (κ1) is 19.8. The summed E-state index contributed by atoms with van der Waals surface area (Å²) in [6.07, 6.45) is 1.60. The first-order valence-electron chi connectivity index (χ1n) is 8.50. The number of rotatable bonds is 5. The Labute approximate surface area is 164 Å². The molecule has 0 unspecified atom stereocenters. The molecule has 2 aromatic carbocycles. The van der Waals surface area contributed by atoms with Crippen molar-refractivity contribution in [2.75, 3.05) is 33.3 Å². The number of benzene rings is 2. The van der Waals surface area contributed by atoms with E-state index in [0.29, 0.717) is 22.5 Å². The van der Waals surface area contributed by atoms with E-state index in [1.165, 1.54) is 37.6 Å². The summed E-state index contributed by atoms with van der Waals surface area (Å²) in [5.74, 6) is 0.0382. The number of nitrogens with zero attached hydrogens (tertiary/aromatic N) is 3. The molecule has 7 nitrogen and oxygen atoms in total. The number of allylic oxidation sites excluding steroid dienone is 2. The van der Waals surface area contributed by atoms with Gasteiger partial charge in [-0.05, 0) is 24.3 Å². The Hall–Kier alpha value is -2.97. The Morgan fingerprint density at radius 2 is 1.54 bits per heavy atom. The fraction of sp³-hybridized carbons (Fsp3) is 0.200. The molecule has 0 fully saturated rings. The molecular weight excluding hydrogens is 378 g/mol. The highest BCUT2D eigenvalue weighted by molar-refractivity contribution is 7.89. The lowest BCUT2D eigenvalue weighted by Gasteiger charge is -2.20. The van der Waals surface area contributed by atoms with Crippen LogP contribution in [0.15, 0.2) is 70.4 Å². The summed E-state index contributed by atoms with van der Waals surface area (Å²) in [4.78, 5) is 12.6. The van der Waals surface area contributed by atoms with Gasteiger partial charge in [-0.15, -0.1) is 0 Å². The lowest BCUT2D eigenvalue weighted by atomic mass is 9.93. The third-order valence-electron chi connectivity index (χ3n) is 4.41. The molecule has 1 aliphatic rings. The zero-order valence-electron chi connectivity index (χ0n) is 16.1. The number of hydrogen-bond acceptors (Lipinski definition) is 6. The number of hydrogen-bond donors (Lipinski definition) is 0. The van der Waals surface area contributed by atoms with Crippen molar-refractivity contribution in [3.63, 3.8) is 0 Å². The van der Waals surface area contributed by atoms with Crippen molar-refractivity contribution < 1.29 is 17.9 Å². The van der Waals surface area contributed by atoms with Gasteiger partial charge in [0.15, 0.2) is 5.76 Å². The van der Waals surface area contributed by atoms with Gasteiger partial charge >= 0.3 is 0 Å². The van der Waals surface area contributed by atoms with E-state index in [1.807, 2.05) is 12.1 Å². The topological polar surface area (TPSA) is 79.3 Å². The molecule has 0 N–H and O–H groups in total. The van der Waals surface area contributed by atoms with Crippen molar-refractivity contribution in [2.24, 2.45) is 5.10 Å². The van der Waals surface area contributed by atoms with Crippen LogP contribution in [0.2, 0.25) is 0 Å². The Balaban J connectivity index is 1.97. The van der Waals surface area contributed by atoms with Crippen LogP contribution < -0.4 is 5.01 Å². The number of ketones is 1. The molecule has 0 heterocycles. The number of carbonyl (C=O) groups is 1. The van der Waals surface area contributed by atoms with Crippen molar-refractivity contribution in [1.82, 2.24) is 4.31 Å². The second-order valence-electron chi connectivity index (χ2n) is 6.38. The Kier molecular flexibility index (Phi) is 5.35. The summed E-state index contributed by atoms with van der Waals surface area (Å²) in [5, 5.41) is 6.21. The summed E-state index contributed by atoms with van der Waals surface area (Å²) in [5.41, 5.74) is 2.53. The molecule has 2 aromatic rings. The van der Waals surface area contributed by atoms with Crippen molar-refractivity contribution in [3.8, 4) is 0 Å². The van der Waals surface area contributed by atoms with Crippen molar-refractivity contribution in [1.29, 1.82) is 0 Å². The molecular formula is C20H21N3O4S.